The monoisotopic (exact) mass is 276 g/mol. The quantitative estimate of drug-likeness (QED) is 0.400. The van der Waals surface area contributed by atoms with Crippen LogP contribution in [0.2, 0.25) is 0 Å². The summed E-state index contributed by atoms with van der Waals surface area (Å²) in [6, 6.07) is 0. The molecule has 0 atom stereocenters. The molecule has 0 heterocycles. The Kier molecular flexibility index (Phi) is 11.1. The molecule has 0 aromatic carbocycles. The highest BCUT2D eigenvalue weighted by Crippen LogP contribution is 2.57. The normalized spacial score (nSPS) is 10.3. The number of carboxylic acid groups (broad SMARTS) is 1. The van der Waals surface area contributed by atoms with Crippen LogP contribution in [0, 0.1) is 0 Å². The number of hydrogen-bond acceptors (Lipinski definition) is 4. The third kappa shape index (κ3) is 8.35. The zero-order valence-corrected chi connectivity index (χ0v) is 13.0. The summed E-state index contributed by atoms with van der Waals surface area (Å²) in [6.45, 7) is 10.5. The predicted octanol–water partition coefficient (Wildman–Crippen LogP) is 1.37. The van der Waals surface area contributed by atoms with Crippen molar-refractivity contribution in [2.24, 2.45) is 0 Å². The van der Waals surface area contributed by atoms with Crippen molar-refractivity contribution < 1.29 is 19.5 Å². The van der Waals surface area contributed by atoms with Crippen LogP contribution in [0.5, 0.6) is 0 Å². The van der Waals surface area contributed by atoms with Gasteiger partial charge in [-0.1, -0.05) is 0 Å². The maximum atomic E-state index is 10.1. The van der Waals surface area contributed by atoms with Crippen molar-refractivity contribution in [2.45, 2.75) is 41.0 Å². The number of ketones is 2. The SMILES string of the molecule is CC(=O)CC(=O)C(=O)[O-].CC[P+](CC)(CC)CC. The molecule has 18 heavy (non-hydrogen) atoms. The molecule has 0 spiro atoms. The second-order valence-corrected chi connectivity index (χ2v) is 9.41. The molecule has 0 radical (unpaired) electrons. The molecule has 0 saturated carbocycles. The van der Waals surface area contributed by atoms with Crippen LogP contribution in [-0.4, -0.2) is 42.2 Å². The Bertz CT molecular complexity index is 265. The van der Waals surface area contributed by atoms with Crippen LogP contribution >= 0.6 is 7.26 Å². The van der Waals surface area contributed by atoms with Gasteiger partial charge in [-0.3, -0.25) is 9.59 Å². The summed E-state index contributed by atoms with van der Waals surface area (Å²) >= 11 is 0. The van der Waals surface area contributed by atoms with E-state index in [1.807, 2.05) is 0 Å². The van der Waals surface area contributed by atoms with Crippen molar-refractivity contribution in [3.8, 4) is 0 Å². The van der Waals surface area contributed by atoms with Gasteiger partial charge in [0.25, 0.3) is 0 Å². The molecule has 0 saturated heterocycles. The van der Waals surface area contributed by atoms with Crippen LogP contribution in [0.25, 0.3) is 0 Å². The van der Waals surface area contributed by atoms with Gasteiger partial charge in [-0.25, -0.2) is 0 Å². The van der Waals surface area contributed by atoms with E-state index < -0.39 is 31.2 Å². The molecule has 5 heteroatoms. The molecule has 0 aliphatic rings. The first-order valence-corrected chi connectivity index (χ1v) is 8.90. The van der Waals surface area contributed by atoms with Crippen molar-refractivity contribution in [3.63, 3.8) is 0 Å². The number of aliphatic carboxylic acids is 1. The minimum Gasteiger partial charge on any atom is -0.542 e. The van der Waals surface area contributed by atoms with E-state index in [-0.39, 0.29) is 0 Å². The highest BCUT2D eigenvalue weighted by molar-refractivity contribution is 7.75. The van der Waals surface area contributed by atoms with E-state index in [9.17, 15) is 19.5 Å². The Labute approximate surface area is 110 Å². The molecule has 0 aromatic heterocycles. The first-order chi connectivity index (χ1) is 8.28. The molecule has 0 unspecified atom stereocenters. The summed E-state index contributed by atoms with van der Waals surface area (Å²) in [7, 11) is -0.420. The second kappa shape index (κ2) is 10.2. The molecule has 0 aromatic rings. The summed E-state index contributed by atoms with van der Waals surface area (Å²) in [5.74, 6) is -3.43. The third-order valence-corrected chi connectivity index (χ3v) is 8.69. The molecule has 106 valence electrons. The van der Waals surface area contributed by atoms with Crippen LogP contribution in [0.1, 0.15) is 41.0 Å². The number of Topliss-reactive ketones (excluding diaryl/α,β-unsaturated/α-hetero) is 2. The van der Waals surface area contributed by atoms with Crippen LogP contribution in [0.15, 0.2) is 0 Å². The van der Waals surface area contributed by atoms with Crippen molar-refractivity contribution in [2.75, 3.05) is 24.6 Å². The van der Waals surface area contributed by atoms with E-state index in [0.717, 1.165) is 6.92 Å². The molecule has 0 amide bonds. The first kappa shape index (κ1) is 19.6. The fourth-order valence-corrected chi connectivity index (χ4v) is 4.32. The van der Waals surface area contributed by atoms with Gasteiger partial charge < -0.3 is 9.90 Å². The van der Waals surface area contributed by atoms with Gasteiger partial charge in [-0.05, 0) is 34.6 Å². The van der Waals surface area contributed by atoms with Crippen LogP contribution in [-0.2, 0) is 14.4 Å². The highest BCUT2D eigenvalue weighted by Gasteiger charge is 2.27. The number of rotatable bonds is 7. The summed E-state index contributed by atoms with van der Waals surface area (Å²) in [5, 5.41) is 9.62. The van der Waals surface area contributed by atoms with Gasteiger partial charge in [0.05, 0.1) is 31.1 Å². The summed E-state index contributed by atoms with van der Waals surface area (Å²) in [5.41, 5.74) is 0. The minimum atomic E-state index is -1.80. The van der Waals surface area contributed by atoms with Gasteiger partial charge in [-0.15, -0.1) is 0 Å². The van der Waals surface area contributed by atoms with Gasteiger partial charge in [0.1, 0.15) is 11.8 Å². The molecule has 0 N–H and O–H groups in total. The molecule has 0 bridgehead atoms. The maximum Gasteiger partial charge on any atom is 0.185 e. The van der Waals surface area contributed by atoms with E-state index in [4.69, 9.17) is 0 Å². The van der Waals surface area contributed by atoms with Gasteiger partial charge in [0.15, 0.2) is 5.78 Å². The molecular weight excluding hydrogens is 251 g/mol. The molecular formula is C13H25O4P. The fraction of sp³-hybridized carbons (Fsp3) is 0.769. The topological polar surface area (TPSA) is 74.3 Å². The Morgan fingerprint density at radius 2 is 1.22 bits per heavy atom. The number of carbonyl (C=O) groups excluding carboxylic acids is 3. The fourth-order valence-electron chi connectivity index (χ4n) is 1.64. The lowest BCUT2D eigenvalue weighted by atomic mass is 10.2. The average molecular weight is 276 g/mol. The Balaban J connectivity index is 0. The molecule has 0 aliphatic heterocycles. The van der Waals surface area contributed by atoms with Crippen LogP contribution in [0.3, 0.4) is 0 Å². The van der Waals surface area contributed by atoms with Gasteiger partial charge in [-0.2, -0.15) is 0 Å². The standard InChI is InChI=1S/C8H20P.C5H6O4/c1-5-9(6-2,7-3)8-4;1-3(6)2-4(7)5(8)9/h5-8H2,1-4H3;2H2,1H3,(H,8,9)/q+1;/p-1. The predicted molar refractivity (Wildman–Crippen MR) is 74.4 cm³/mol. The van der Waals surface area contributed by atoms with Crippen molar-refractivity contribution in [3.05, 3.63) is 0 Å². The lowest BCUT2D eigenvalue weighted by Gasteiger charge is -2.20. The molecule has 0 fully saturated rings. The van der Waals surface area contributed by atoms with Gasteiger partial charge in [0, 0.05) is 7.26 Å². The van der Waals surface area contributed by atoms with Gasteiger partial charge in [0.2, 0.25) is 0 Å². The minimum absolute atomic E-state index is 0.420. The first-order valence-electron chi connectivity index (χ1n) is 6.37. The zero-order chi connectivity index (χ0) is 14.8. The van der Waals surface area contributed by atoms with E-state index in [2.05, 4.69) is 27.7 Å². The van der Waals surface area contributed by atoms with E-state index in [1.165, 1.54) is 24.6 Å². The summed E-state index contributed by atoms with van der Waals surface area (Å²) in [4.78, 5) is 29.7. The maximum absolute atomic E-state index is 10.1. The van der Waals surface area contributed by atoms with E-state index in [0.29, 0.717) is 0 Å². The average Bonchev–Trinajstić information content (AvgIpc) is 2.32. The van der Waals surface area contributed by atoms with Crippen molar-refractivity contribution >= 4 is 24.8 Å². The largest absolute Gasteiger partial charge is 0.542 e. The highest BCUT2D eigenvalue weighted by atomic mass is 31.2. The van der Waals surface area contributed by atoms with E-state index >= 15 is 0 Å². The zero-order valence-electron chi connectivity index (χ0n) is 12.1. The number of hydrogen-bond donors (Lipinski definition) is 0. The van der Waals surface area contributed by atoms with Crippen molar-refractivity contribution in [1.29, 1.82) is 0 Å². The number of carbonyl (C=O) groups is 3. The summed E-state index contributed by atoms with van der Waals surface area (Å²) < 4.78 is 0. The Hall–Kier alpha value is -0.760. The van der Waals surface area contributed by atoms with Crippen LogP contribution < -0.4 is 5.11 Å². The van der Waals surface area contributed by atoms with Gasteiger partial charge >= 0.3 is 0 Å². The summed E-state index contributed by atoms with van der Waals surface area (Å²) in [6.07, 6.45) is 5.25. The molecule has 0 aliphatic carbocycles. The lowest BCUT2D eigenvalue weighted by molar-refractivity contribution is -0.300. The molecule has 4 nitrogen and oxygen atoms in total. The Morgan fingerprint density at radius 3 is 1.28 bits per heavy atom. The lowest BCUT2D eigenvalue weighted by Crippen LogP contribution is -2.32. The van der Waals surface area contributed by atoms with Crippen molar-refractivity contribution in [1.82, 2.24) is 0 Å². The molecule has 0 rings (SSSR count). The Morgan fingerprint density at radius 1 is 0.889 bits per heavy atom. The van der Waals surface area contributed by atoms with E-state index in [1.54, 1.807) is 0 Å². The second-order valence-electron chi connectivity index (χ2n) is 4.20. The van der Waals surface area contributed by atoms with Crippen LogP contribution in [0.4, 0.5) is 0 Å². The smallest absolute Gasteiger partial charge is 0.185 e. The number of carboxylic acids is 1. The third-order valence-electron chi connectivity index (χ3n) is 3.32.